The molecule has 0 unspecified atom stereocenters. The number of carbonyl (C=O) groups excluding carboxylic acids is 2. The summed E-state index contributed by atoms with van der Waals surface area (Å²) >= 11 is 0. The van der Waals surface area contributed by atoms with Crippen molar-refractivity contribution in [2.24, 2.45) is 5.16 Å². The Hall–Kier alpha value is -2.96. The average Bonchev–Trinajstić information content (AvgIpc) is 2.43. The van der Waals surface area contributed by atoms with Gasteiger partial charge in [-0.05, 0) is 31.5 Å². The van der Waals surface area contributed by atoms with Crippen molar-refractivity contribution in [2.75, 3.05) is 0 Å². The lowest BCUT2D eigenvalue weighted by molar-refractivity contribution is -0.141. The molecule has 0 aliphatic carbocycles. The highest BCUT2D eigenvalue weighted by molar-refractivity contribution is 6.10. The maximum atomic E-state index is 11.7. The fourth-order valence-corrected chi connectivity index (χ4v) is 2.13. The molecule has 0 saturated carbocycles. The van der Waals surface area contributed by atoms with Crippen molar-refractivity contribution in [3.63, 3.8) is 0 Å². The highest BCUT2D eigenvalue weighted by atomic mass is 16.7. The highest BCUT2D eigenvalue weighted by Gasteiger charge is 2.18. The van der Waals surface area contributed by atoms with Crippen molar-refractivity contribution in [2.45, 2.75) is 27.7 Å². The van der Waals surface area contributed by atoms with Crippen LogP contribution in [-0.2, 0) is 14.4 Å². The smallest absolute Gasteiger partial charge is 0.336 e. The first-order valence-electron chi connectivity index (χ1n) is 6.78. The van der Waals surface area contributed by atoms with Gasteiger partial charge >= 0.3 is 17.6 Å². The monoisotopic (exact) mass is 317 g/mol. The number of esters is 1. The van der Waals surface area contributed by atoms with Gasteiger partial charge in [-0.2, -0.15) is 0 Å². The summed E-state index contributed by atoms with van der Waals surface area (Å²) in [6, 6.07) is 4.60. The van der Waals surface area contributed by atoms with Crippen LogP contribution in [0.4, 0.5) is 0 Å². The molecule has 2 rings (SSSR count). The summed E-state index contributed by atoms with van der Waals surface area (Å²) in [6.07, 6.45) is 0. The Morgan fingerprint density at radius 2 is 1.83 bits per heavy atom. The van der Waals surface area contributed by atoms with Gasteiger partial charge in [-0.15, -0.1) is 0 Å². The first-order chi connectivity index (χ1) is 10.8. The number of hydrogen-bond donors (Lipinski definition) is 0. The van der Waals surface area contributed by atoms with Gasteiger partial charge in [0.2, 0.25) is 0 Å². The zero-order valence-electron chi connectivity index (χ0n) is 13.1. The Bertz CT molecular complexity index is 878. The number of rotatable bonds is 3. The summed E-state index contributed by atoms with van der Waals surface area (Å²) in [5.41, 5.74) is 0.876. The molecule has 0 fully saturated rings. The Kier molecular flexibility index (Phi) is 4.59. The second-order valence-electron chi connectivity index (χ2n) is 4.92. The van der Waals surface area contributed by atoms with Crippen LogP contribution in [0.5, 0.6) is 5.75 Å². The van der Waals surface area contributed by atoms with E-state index in [0.717, 1.165) is 0 Å². The van der Waals surface area contributed by atoms with Crippen LogP contribution in [0.3, 0.4) is 0 Å². The van der Waals surface area contributed by atoms with Crippen molar-refractivity contribution in [1.29, 1.82) is 0 Å². The lowest BCUT2D eigenvalue weighted by atomic mass is 10.0. The predicted octanol–water partition coefficient (Wildman–Crippen LogP) is 2.31. The van der Waals surface area contributed by atoms with E-state index in [1.165, 1.54) is 19.9 Å². The van der Waals surface area contributed by atoms with Gasteiger partial charge < -0.3 is 14.0 Å². The van der Waals surface area contributed by atoms with E-state index in [1.54, 1.807) is 26.0 Å². The standard InChI is InChI=1S/C16H15NO6/c1-8-7-14(20)22-16-12(8)5-6-13(21-10(3)18)15(16)9(2)17-23-11(4)19/h5-7H,1-4H3/b17-9-. The van der Waals surface area contributed by atoms with E-state index in [-0.39, 0.29) is 22.6 Å². The second kappa shape index (κ2) is 6.43. The van der Waals surface area contributed by atoms with E-state index >= 15 is 0 Å². The van der Waals surface area contributed by atoms with Crippen LogP contribution in [0.1, 0.15) is 31.9 Å². The Labute approximate surface area is 131 Å². The minimum absolute atomic E-state index is 0.159. The first kappa shape index (κ1) is 16.4. The summed E-state index contributed by atoms with van der Waals surface area (Å²) in [5.74, 6) is -0.982. The third-order valence-corrected chi connectivity index (χ3v) is 3.01. The molecule has 1 aromatic heterocycles. The number of aryl methyl sites for hydroxylation is 1. The van der Waals surface area contributed by atoms with Crippen molar-refractivity contribution >= 4 is 28.6 Å². The molecule has 120 valence electrons. The van der Waals surface area contributed by atoms with Crippen LogP contribution in [0.25, 0.3) is 11.0 Å². The predicted molar refractivity (Wildman–Crippen MR) is 82.5 cm³/mol. The summed E-state index contributed by atoms with van der Waals surface area (Å²) in [6.45, 7) is 5.76. The van der Waals surface area contributed by atoms with Gasteiger partial charge in [0, 0.05) is 25.3 Å². The van der Waals surface area contributed by atoms with Gasteiger partial charge in [0.1, 0.15) is 5.75 Å². The zero-order chi connectivity index (χ0) is 17.1. The fourth-order valence-electron chi connectivity index (χ4n) is 2.13. The van der Waals surface area contributed by atoms with Gasteiger partial charge in [0.25, 0.3) is 0 Å². The molecule has 2 aromatic rings. The number of carbonyl (C=O) groups is 2. The minimum atomic E-state index is -0.601. The number of fused-ring (bicyclic) bond motifs is 1. The highest BCUT2D eigenvalue weighted by Crippen LogP contribution is 2.30. The van der Waals surface area contributed by atoms with Crippen LogP contribution in [0, 0.1) is 6.92 Å². The molecule has 0 amide bonds. The number of benzene rings is 1. The number of hydrogen-bond acceptors (Lipinski definition) is 7. The second-order valence-corrected chi connectivity index (χ2v) is 4.92. The maximum Gasteiger partial charge on any atom is 0.336 e. The van der Waals surface area contributed by atoms with Crippen LogP contribution in [0.2, 0.25) is 0 Å². The molecule has 0 aliphatic heterocycles. The number of oxime groups is 1. The minimum Gasteiger partial charge on any atom is -0.426 e. The third-order valence-electron chi connectivity index (χ3n) is 3.01. The molecule has 7 nitrogen and oxygen atoms in total. The van der Waals surface area contributed by atoms with Crippen LogP contribution in [-0.4, -0.2) is 17.7 Å². The Balaban J connectivity index is 2.78. The van der Waals surface area contributed by atoms with Crippen LogP contribution in [0.15, 0.2) is 32.6 Å². The molecule has 0 atom stereocenters. The molecule has 0 aliphatic rings. The van der Waals surface area contributed by atoms with Gasteiger partial charge in [0.15, 0.2) is 5.58 Å². The third kappa shape index (κ3) is 3.63. The summed E-state index contributed by atoms with van der Waals surface area (Å²) in [5, 5.41) is 4.35. The maximum absolute atomic E-state index is 11.7. The molecular formula is C16H15NO6. The molecule has 1 heterocycles. The molecular weight excluding hydrogens is 302 g/mol. The largest absolute Gasteiger partial charge is 0.426 e. The van der Waals surface area contributed by atoms with Crippen molar-refractivity contribution in [3.05, 3.63) is 39.7 Å². The molecule has 7 heteroatoms. The number of ether oxygens (including phenoxy) is 1. The fraction of sp³-hybridized carbons (Fsp3) is 0.250. The summed E-state index contributed by atoms with van der Waals surface area (Å²) < 4.78 is 10.4. The van der Waals surface area contributed by atoms with E-state index in [4.69, 9.17) is 9.15 Å². The molecule has 1 aromatic carbocycles. The van der Waals surface area contributed by atoms with Gasteiger partial charge in [0.05, 0.1) is 11.3 Å². The quantitative estimate of drug-likeness (QED) is 0.215. The van der Waals surface area contributed by atoms with Crippen molar-refractivity contribution in [1.82, 2.24) is 0 Å². The van der Waals surface area contributed by atoms with Crippen LogP contribution < -0.4 is 10.4 Å². The van der Waals surface area contributed by atoms with Crippen molar-refractivity contribution in [3.8, 4) is 5.75 Å². The molecule has 0 saturated heterocycles. The van der Waals surface area contributed by atoms with E-state index in [2.05, 4.69) is 9.99 Å². The molecule has 0 radical (unpaired) electrons. The average molecular weight is 317 g/mol. The SMILES string of the molecule is CC(=O)O/N=C(/C)c1c(OC(C)=O)ccc2c(C)cc(=O)oc12. The van der Waals surface area contributed by atoms with E-state index in [1.807, 2.05) is 0 Å². The molecule has 0 bridgehead atoms. The van der Waals surface area contributed by atoms with Crippen molar-refractivity contribution < 1.29 is 23.6 Å². The van der Waals surface area contributed by atoms with Gasteiger partial charge in [-0.25, -0.2) is 9.59 Å². The molecule has 0 N–H and O–H groups in total. The Morgan fingerprint density at radius 1 is 1.13 bits per heavy atom. The van der Waals surface area contributed by atoms with Crippen LogP contribution >= 0.6 is 0 Å². The normalized spacial score (nSPS) is 11.4. The van der Waals surface area contributed by atoms with Gasteiger partial charge in [-0.1, -0.05) is 5.16 Å². The topological polar surface area (TPSA) is 95.2 Å². The first-order valence-corrected chi connectivity index (χ1v) is 6.78. The van der Waals surface area contributed by atoms with E-state index < -0.39 is 17.6 Å². The molecule has 23 heavy (non-hydrogen) atoms. The zero-order valence-corrected chi connectivity index (χ0v) is 13.1. The lowest BCUT2D eigenvalue weighted by Gasteiger charge is -2.11. The van der Waals surface area contributed by atoms with Gasteiger partial charge in [-0.3, -0.25) is 4.79 Å². The Morgan fingerprint density at radius 3 is 2.43 bits per heavy atom. The number of nitrogens with zero attached hydrogens (tertiary/aromatic N) is 1. The molecule has 0 spiro atoms. The van der Waals surface area contributed by atoms with E-state index in [0.29, 0.717) is 10.9 Å². The lowest BCUT2D eigenvalue weighted by Crippen LogP contribution is -2.10. The summed E-state index contributed by atoms with van der Waals surface area (Å²) in [4.78, 5) is 38.5. The van der Waals surface area contributed by atoms with E-state index in [9.17, 15) is 14.4 Å². The summed E-state index contributed by atoms with van der Waals surface area (Å²) in [7, 11) is 0.